The highest BCUT2D eigenvalue weighted by Crippen LogP contribution is 2.22. The van der Waals surface area contributed by atoms with Crippen molar-refractivity contribution in [2.45, 2.75) is 0 Å². The third-order valence-corrected chi connectivity index (χ3v) is 4.27. The molecular formula is C16H11ClN2O3S. The molecule has 3 rings (SSSR count). The van der Waals surface area contributed by atoms with Crippen LogP contribution in [0, 0.1) is 0 Å². The lowest BCUT2D eigenvalue weighted by molar-refractivity contribution is 0.0601. The molecule has 0 unspecified atom stereocenters. The van der Waals surface area contributed by atoms with Crippen molar-refractivity contribution < 1.29 is 9.53 Å². The predicted molar refractivity (Wildman–Crippen MR) is 91.7 cm³/mol. The van der Waals surface area contributed by atoms with E-state index in [0.717, 1.165) is 4.88 Å². The molecule has 0 aliphatic heterocycles. The fourth-order valence-electron chi connectivity index (χ4n) is 2.06. The summed E-state index contributed by atoms with van der Waals surface area (Å²) in [7, 11) is 1.30. The van der Waals surface area contributed by atoms with Gasteiger partial charge in [0.25, 0.3) is 5.56 Å². The average Bonchev–Trinajstić information content (AvgIpc) is 3.06. The number of methoxy groups -OCH3 is 1. The number of nitrogens with one attached hydrogen (secondary N) is 1. The van der Waals surface area contributed by atoms with Gasteiger partial charge in [0.2, 0.25) is 0 Å². The maximum Gasteiger partial charge on any atom is 0.337 e. The maximum atomic E-state index is 12.2. The molecule has 0 aliphatic carbocycles. The maximum absolute atomic E-state index is 12.2. The zero-order valence-corrected chi connectivity index (χ0v) is 13.6. The van der Waals surface area contributed by atoms with Crippen molar-refractivity contribution in [1.29, 1.82) is 0 Å². The molecule has 0 saturated carbocycles. The molecule has 0 spiro atoms. The summed E-state index contributed by atoms with van der Waals surface area (Å²) in [6, 6.07) is 8.37. The van der Waals surface area contributed by atoms with Gasteiger partial charge in [-0.2, -0.15) is 0 Å². The van der Waals surface area contributed by atoms with Gasteiger partial charge in [-0.25, -0.2) is 9.78 Å². The second kappa shape index (κ2) is 6.36. The molecule has 3 aromatic rings. The lowest BCUT2D eigenvalue weighted by Crippen LogP contribution is -2.11. The van der Waals surface area contributed by atoms with Crippen LogP contribution in [0.1, 0.15) is 21.1 Å². The fourth-order valence-corrected chi connectivity index (χ4v) is 2.99. The lowest BCUT2D eigenvalue weighted by Gasteiger charge is -2.04. The van der Waals surface area contributed by atoms with Crippen LogP contribution >= 0.6 is 22.9 Å². The Morgan fingerprint density at radius 2 is 2.22 bits per heavy atom. The zero-order valence-electron chi connectivity index (χ0n) is 12.0. The van der Waals surface area contributed by atoms with Crippen LogP contribution in [-0.4, -0.2) is 23.0 Å². The number of aromatic amines is 1. The number of benzene rings is 1. The topological polar surface area (TPSA) is 72.1 Å². The Morgan fingerprint density at radius 3 is 2.91 bits per heavy atom. The van der Waals surface area contributed by atoms with Crippen molar-refractivity contribution in [2.24, 2.45) is 0 Å². The number of H-pyrrole nitrogens is 1. The average molecular weight is 347 g/mol. The van der Waals surface area contributed by atoms with E-state index in [-0.39, 0.29) is 11.4 Å². The summed E-state index contributed by atoms with van der Waals surface area (Å²) in [4.78, 5) is 31.7. The number of fused-ring (bicyclic) bond motifs is 1. The molecule has 7 heteroatoms. The Morgan fingerprint density at radius 1 is 1.39 bits per heavy atom. The Labute approximate surface area is 140 Å². The van der Waals surface area contributed by atoms with Gasteiger partial charge in [-0.1, -0.05) is 17.7 Å². The zero-order chi connectivity index (χ0) is 16.4. The van der Waals surface area contributed by atoms with Crippen molar-refractivity contribution in [3.05, 3.63) is 62.3 Å². The van der Waals surface area contributed by atoms with E-state index in [1.807, 2.05) is 17.5 Å². The van der Waals surface area contributed by atoms with E-state index in [0.29, 0.717) is 21.5 Å². The Hall–Kier alpha value is -2.44. The van der Waals surface area contributed by atoms with Crippen LogP contribution in [0.25, 0.3) is 22.0 Å². The van der Waals surface area contributed by atoms with Gasteiger partial charge < -0.3 is 9.72 Å². The molecule has 2 aromatic heterocycles. The highest BCUT2D eigenvalue weighted by atomic mass is 35.5. The van der Waals surface area contributed by atoms with E-state index in [1.165, 1.54) is 36.6 Å². The first kappa shape index (κ1) is 15.5. The standard InChI is InChI=1S/C16H11ClN2O3S/c1-22-16(21)9-4-5-11-13(7-9)18-14(19-15(11)20)12(17)8-10-3-2-6-23-10/h2-8H,1H3,(H,18,19,20). The van der Waals surface area contributed by atoms with Crippen molar-refractivity contribution in [3.8, 4) is 0 Å². The molecule has 116 valence electrons. The fraction of sp³-hybridized carbons (Fsp3) is 0.0625. The number of carbonyl (C=O) groups excluding carboxylic acids is 1. The molecule has 23 heavy (non-hydrogen) atoms. The third-order valence-electron chi connectivity index (χ3n) is 3.17. The predicted octanol–water partition coefficient (Wildman–Crippen LogP) is 3.51. The van der Waals surface area contributed by atoms with Crippen LogP contribution in [0.4, 0.5) is 0 Å². The first-order chi connectivity index (χ1) is 11.1. The van der Waals surface area contributed by atoms with Crippen LogP contribution in [0.3, 0.4) is 0 Å². The molecule has 0 saturated heterocycles. The second-order valence-electron chi connectivity index (χ2n) is 4.65. The van der Waals surface area contributed by atoms with Crippen LogP contribution in [0.5, 0.6) is 0 Å². The van der Waals surface area contributed by atoms with Gasteiger partial charge in [0.05, 0.1) is 28.6 Å². The van der Waals surface area contributed by atoms with E-state index < -0.39 is 5.97 Å². The summed E-state index contributed by atoms with van der Waals surface area (Å²) >= 11 is 7.76. The summed E-state index contributed by atoms with van der Waals surface area (Å²) in [5, 5.41) is 2.62. The van der Waals surface area contributed by atoms with Gasteiger partial charge in [-0.3, -0.25) is 4.79 Å². The summed E-state index contributed by atoms with van der Waals surface area (Å²) < 4.78 is 4.67. The molecule has 0 fully saturated rings. The van der Waals surface area contributed by atoms with Gasteiger partial charge in [0.1, 0.15) is 0 Å². The van der Waals surface area contributed by atoms with Crippen LogP contribution in [-0.2, 0) is 4.74 Å². The van der Waals surface area contributed by atoms with Crippen molar-refractivity contribution >= 4 is 50.9 Å². The number of ether oxygens (including phenoxy) is 1. The van der Waals surface area contributed by atoms with Crippen LogP contribution < -0.4 is 5.56 Å². The second-order valence-corrected chi connectivity index (χ2v) is 6.03. The summed E-state index contributed by atoms with van der Waals surface area (Å²) in [5.74, 6) is -0.240. The van der Waals surface area contributed by atoms with E-state index >= 15 is 0 Å². The molecular weight excluding hydrogens is 336 g/mol. The molecule has 0 amide bonds. The Bertz CT molecular complexity index is 961. The number of aromatic nitrogens is 2. The normalized spacial score (nSPS) is 11.7. The van der Waals surface area contributed by atoms with Gasteiger partial charge >= 0.3 is 5.97 Å². The number of nitrogens with zero attached hydrogens (tertiary/aromatic N) is 1. The summed E-state index contributed by atoms with van der Waals surface area (Å²) in [6.07, 6.45) is 1.72. The smallest absolute Gasteiger partial charge is 0.337 e. The van der Waals surface area contributed by atoms with Crippen molar-refractivity contribution in [1.82, 2.24) is 9.97 Å². The first-order valence-electron chi connectivity index (χ1n) is 6.62. The molecule has 0 bridgehead atoms. The molecule has 0 atom stereocenters. The summed E-state index contributed by atoms with van der Waals surface area (Å²) in [5.41, 5.74) is 0.380. The summed E-state index contributed by atoms with van der Waals surface area (Å²) in [6.45, 7) is 0. The molecule has 5 nitrogen and oxygen atoms in total. The molecule has 1 aromatic carbocycles. The van der Waals surface area contributed by atoms with Crippen LogP contribution in [0.2, 0.25) is 0 Å². The number of esters is 1. The number of rotatable bonds is 3. The molecule has 0 radical (unpaired) electrons. The minimum atomic E-state index is -0.490. The number of halogens is 1. The van der Waals surface area contributed by atoms with E-state index in [1.54, 1.807) is 6.08 Å². The number of hydrogen-bond donors (Lipinski definition) is 1. The minimum absolute atomic E-state index is 0.250. The van der Waals surface area contributed by atoms with Gasteiger partial charge in [0, 0.05) is 4.88 Å². The Kier molecular flexibility index (Phi) is 4.27. The molecule has 1 N–H and O–H groups in total. The SMILES string of the molecule is COC(=O)c1ccc2c(=O)[nH]c(C(Cl)=Cc3cccs3)nc2c1. The van der Waals surface area contributed by atoms with E-state index in [4.69, 9.17) is 11.6 Å². The third kappa shape index (κ3) is 3.18. The van der Waals surface area contributed by atoms with Gasteiger partial charge in [-0.15, -0.1) is 11.3 Å². The highest BCUT2D eigenvalue weighted by molar-refractivity contribution is 7.11. The van der Waals surface area contributed by atoms with Crippen molar-refractivity contribution in [3.63, 3.8) is 0 Å². The quantitative estimate of drug-likeness (QED) is 0.737. The van der Waals surface area contributed by atoms with Crippen LogP contribution in [0.15, 0.2) is 40.5 Å². The van der Waals surface area contributed by atoms with Crippen molar-refractivity contribution in [2.75, 3.05) is 7.11 Å². The molecule has 2 heterocycles. The number of hydrogen-bond acceptors (Lipinski definition) is 5. The number of carbonyl (C=O) groups is 1. The monoisotopic (exact) mass is 346 g/mol. The number of thiophene rings is 1. The highest BCUT2D eigenvalue weighted by Gasteiger charge is 2.11. The lowest BCUT2D eigenvalue weighted by atomic mass is 10.1. The molecule has 0 aliphatic rings. The Balaban J connectivity index is 2.12. The van der Waals surface area contributed by atoms with Gasteiger partial charge in [0.15, 0.2) is 5.82 Å². The van der Waals surface area contributed by atoms with E-state index in [9.17, 15) is 9.59 Å². The first-order valence-corrected chi connectivity index (χ1v) is 7.87. The van der Waals surface area contributed by atoms with E-state index in [2.05, 4.69) is 14.7 Å². The largest absolute Gasteiger partial charge is 0.465 e. The minimum Gasteiger partial charge on any atom is -0.465 e. The van der Waals surface area contributed by atoms with Gasteiger partial charge in [-0.05, 0) is 35.7 Å².